The van der Waals surface area contributed by atoms with Crippen LogP contribution in [0, 0.1) is 13.8 Å². The number of benzene rings is 1. The second kappa shape index (κ2) is 3.41. The second-order valence-corrected chi connectivity index (χ2v) is 7.46. The zero-order valence-corrected chi connectivity index (χ0v) is 9.25. The van der Waals surface area contributed by atoms with E-state index in [2.05, 4.69) is 0 Å². The van der Waals surface area contributed by atoms with Gasteiger partial charge < -0.3 is 0 Å². The normalized spacial score (nSPS) is 11.7. The molecule has 0 saturated heterocycles. The summed E-state index contributed by atoms with van der Waals surface area (Å²) in [7, 11) is 0. The first kappa shape index (κ1) is 10.1. The number of hydrogen-bond acceptors (Lipinski definition) is 1. The van der Waals surface area contributed by atoms with Crippen LogP contribution in [0.5, 0.6) is 0 Å². The Labute approximate surface area is 81.6 Å². The summed E-state index contributed by atoms with van der Waals surface area (Å²) in [4.78, 5) is 0. The fourth-order valence-electron chi connectivity index (χ4n) is 1.02. The lowest BCUT2D eigenvalue weighted by atomic mass is 10.1. The summed E-state index contributed by atoms with van der Waals surface area (Å²) in [5.74, 6) is -3.14. The van der Waals surface area contributed by atoms with Crippen molar-refractivity contribution in [1.82, 2.24) is 0 Å². The summed E-state index contributed by atoms with van der Waals surface area (Å²) in [5, 5.41) is 0.547. The second-order valence-electron chi connectivity index (χ2n) is 2.68. The molecule has 0 aromatic heterocycles. The summed E-state index contributed by atoms with van der Waals surface area (Å²) in [6, 6.07) is 5.43. The van der Waals surface area contributed by atoms with Crippen molar-refractivity contribution in [2.24, 2.45) is 0 Å². The molecule has 0 N–H and O–H groups in total. The van der Waals surface area contributed by atoms with Gasteiger partial charge in [-0.1, -0.05) is 12.1 Å². The van der Waals surface area contributed by atoms with Gasteiger partial charge in [0.1, 0.15) is 0 Å². The van der Waals surface area contributed by atoms with Crippen molar-refractivity contribution in [3.8, 4) is 0 Å². The number of halogens is 2. The molecule has 1 nitrogen and oxygen atoms in total. The summed E-state index contributed by atoms with van der Waals surface area (Å²) in [6.45, 7) is 3.80. The SMILES string of the molecule is Cc1cccc(P(=O)(Cl)Cl)c1C. The first-order valence-electron chi connectivity index (χ1n) is 3.49. The zero-order valence-electron chi connectivity index (χ0n) is 6.84. The highest BCUT2D eigenvalue weighted by Gasteiger charge is 2.19. The lowest BCUT2D eigenvalue weighted by Gasteiger charge is -2.08. The van der Waals surface area contributed by atoms with Gasteiger partial charge in [0, 0.05) is 5.30 Å². The Hall–Kier alpha value is 0.0300. The lowest BCUT2D eigenvalue weighted by molar-refractivity contribution is 0.597. The highest BCUT2D eigenvalue weighted by molar-refractivity contribution is 8.13. The maximum absolute atomic E-state index is 11.3. The Morgan fingerprint density at radius 2 is 1.83 bits per heavy atom. The minimum absolute atomic E-state index is 0.547. The minimum Gasteiger partial charge on any atom is -0.284 e. The van der Waals surface area contributed by atoms with Gasteiger partial charge in [-0.2, -0.15) is 0 Å². The van der Waals surface area contributed by atoms with Crippen molar-refractivity contribution < 1.29 is 4.57 Å². The standard InChI is InChI=1S/C8H9Cl2OP/c1-6-4-3-5-8(7(6)2)12(9,10)11/h3-5H,1-2H3. The first-order chi connectivity index (χ1) is 5.43. The quantitative estimate of drug-likeness (QED) is 0.664. The van der Waals surface area contributed by atoms with E-state index in [9.17, 15) is 4.57 Å². The maximum Gasteiger partial charge on any atom is 0.282 e. The topological polar surface area (TPSA) is 17.1 Å². The molecule has 1 aromatic carbocycles. The largest absolute Gasteiger partial charge is 0.284 e. The molecule has 12 heavy (non-hydrogen) atoms. The number of rotatable bonds is 1. The molecule has 0 aliphatic heterocycles. The van der Waals surface area contributed by atoms with E-state index in [4.69, 9.17) is 22.5 Å². The van der Waals surface area contributed by atoms with Crippen molar-refractivity contribution in [3.63, 3.8) is 0 Å². The van der Waals surface area contributed by atoms with Gasteiger partial charge in [-0.25, -0.2) is 0 Å². The fraction of sp³-hybridized carbons (Fsp3) is 0.250. The van der Waals surface area contributed by atoms with E-state index in [1.165, 1.54) is 0 Å². The molecule has 0 radical (unpaired) electrons. The summed E-state index contributed by atoms with van der Waals surface area (Å²) in [6.07, 6.45) is 0. The maximum atomic E-state index is 11.3. The molecule has 1 aromatic rings. The van der Waals surface area contributed by atoms with Crippen molar-refractivity contribution >= 4 is 33.6 Å². The Balaban J connectivity index is 3.36. The van der Waals surface area contributed by atoms with Crippen LogP contribution < -0.4 is 5.30 Å². The average Bonchev–Trinajstić information content (AvgIpc) is 1.92. The van der Waals surface area contributed by atoms with Gasteiger partial charge in [-0.3, -0.25) is 4.57 Å². The predicted octanol–water partition coefficient (Wildman–Crippen LogP) is 3.60. The molecule has 0 atom stereocenters. The molecule has 66 valence electrons. The third kappa shape index (κ3) is 2.04. The molecule has 4 heteroatoms. The lowest BCUT2D eigenvalue weighted by Crippen LogP contribution is -2.04. The van der Waals surface area contributed by atoms with Gasteiger partial charge in [0.15, 0.2) is 0 Å². The Kier molecular flexibility index (Phi) is 2.88. The van der Waals surface area contributed by atoms with Crippen molar-refractivity contribution in [1.29, 1.82) is 0 Å². The molecule has 0 aliphatic carbocycles. The molecule has 1 rings (SSSR count). The Bertz CT molecular complexity index is 343. The summed E-state index contributed by atoms with van der Waals surface area (Å²) < 4.78 is 11.3. The van der Waals surface area contributed by atoms with Crippen LogP contribution in [0.4, 0.5) is 0 Å². The Morgan fingerprint density at radius 3 is 2.25 bits per heavy atom. The minimum atomic E-state index is -3.14. The average molecular weight is 223 g/mol. The third-order valence-corrected chi connectivity index (χ3v) is 3.99. The van der Waals surface area contributed by atoms with Crippen LogP contribution in [0.15, 0.2) is 18.2 Å². The number of aryl methyl sites for hydroxylation is 1. The first-order valence-corrected chi connectivity index (χ1v) is 7.01. The highest BCUT2D eigenvalue weighted by Crippen LogP contribution is 2.55. The molecule has 0 fully saturated rings. The van der Waals surface area contributed by atoms with Gasteiger partial charge >= 0.3 is 0 Å². The van der Waals surface area contributed by atoms with E-state index in [1.54, 1.807) is 12.1 Å². The van der Waals surface area contributed by atoms with Gasteiger partial charge in [0.05, 0.1) is 0 Å². The van der Waals surface area contributed by atoms with Crippen LogP contribution in [0.2, 0.25) is 0 Å². The molecule has 0 bridgehead atoms. The van der Waals surface area contributed by atoms with E-state index in [-0.39, 0.29) is 0 Å². The Morgan fingerprint density at radius 1 is 1.25 bits per heavy atom. The molecule has 0 saturated carbocycles. The van der Waals surface area contributed by atoms with Crippen LogP contribution in [-0.2, 0) is 4.57 Å². The molecule has 0 aliphatic rings. The van der Waals surface area contributed by atoms with Crippen LogP contribution >= 0.6 is 28.3 Å². The van der Waals surface area contributed by atoms with E-state index in [0.717, 1.165) is 11.1 Å². The van der Waals surface area contributed by atoms with Crippen molar-refractivity contribution in [2.75, 3.05) is 0 Å². The fourth-order valence-corrected chi connectivity index (χ4v) is 2.94. The smallest absolute Gasteiger partial charge is 0.282 e. The van der Waals surface area contributed by atoms with Gasteiger partial charge in [-0.15, -0.1) is 0 Å². The van der Waals surface area contributed by atoms with Gasteiger partial charge in [-0.05, 0) is 53.5 Å². The highest BCUT2D eigenvalue weighted by atomic mass is 35.9. The van der Waals surface area contributed by atoms with Crippen molar-refractivity contribution in [3.05, 3.63) is 29.3 Å². The third-order valence-electron chi connectivity index (χ3n) is 1.86. The summed E-state index contributed by atoms with van der Waals surface area (Å²) >= 11 is 11.1. The molecule has 0 spiro atoms. The monoisotopic (exact) mass is 222 g/mol. The molecule has 0 amide bonds. The molecular formula is C8H9Cl2OP. The van der Waals surface area contributed by atoms with Gasteiger partial charge in [0.2, 0.25) is 0 Å². The number of hydrogen-bond donors (Lipinski definition) is 0. The van der Waals surface area contributed by atoms with Crippen LogP contribution in [0.1, 0.15) is 11.1 Å². The van der Waals surface area contributed by atoms with Gasteiger partial charge in [0.25, 0.3) is 5.85 Å². The summed E-state index contributed by atoms with van der Waals surface area (Å²) in [5.41, 5.74) is 1.96. The van der Waals surface area contributed by atoms with E-state index in [0.29, 0.717) is 5.30 Å². The van der Waals surface area contributed by atoms with Crippen molar-refractivity contribution in [2.45, 2.75) is 13.8 Å². The van der Waals surface area contributed by atoms with E-state index < -0.39 is 5.85 Å². The van der Waals surface area contributed by atoms with Crippen LogP contribution in [0.3, 0.4) is 0 Å². The molecule has 0 heterocycles. The molecular weight excluding hydrogens is 214 g/mol. The predicted molar refractivity (Wildman–Crippen MR) is 54.9 cm³/mol. The van der Waals surface area contributed by atoms with E-state index in [1.807, 2.05) is 19.9 Å². The van der Waals surface area contributed by atoms with Crippen LogP contribution in [0.25, 0.3) is 0 Å². The zero-order chi connectivity index (χ0) is 9.35. The van der Waals surface area contributed by atoms with E-state index >= 15 is 0 Å². The molecule has 0 unspecified atom stereocenters. The van der Waals surface area contributed by atoms with Crippen LogP contribution in [-0.4, -0.2) is 0 Å².